The normalized spacial score (nSPS) is 14.2. The SMILES string of the molecule is Cn1cc2c(n1)c(=O)n(-c1cccnc1OC1CC1)c1cc(Cl)ccc21. The maximum atomic E-state index is 13.3. The van der Waals surface area contributed by atoms with Crippen molar-refractivity contribution in [2.45, 2.75) is 18.9 Å². The van der Waals surface area contributed by atoms with Crippen molar-refractivity contribution >= 4 is 33.4 Å². The Bertz CT molecular complexity index is 1220. The van der Waals surface area contributed by atoms with E-state index in [0.29, 0.717) is 27.6 Å². The van der Waals surface area contributed by atoms with E-state index in [-0.39, 0.29) is 11.7 Å². The van der Waals surface area contributed by atoms with Gasteiger partial charge in [-0.25, -0.2) is 4.98 Å². The smallest absolute Gasteiger partial charge is 0.284 e. The summed E-state index contributed by atoms with van der Waals surface area (Å²) < 4.78 is 9.18. The highest BCUT2D eigenvalue weighted by atomic mass is 35.5. The number of fused-ring (bicyclic) bond motifs is 3. The molecule has 0 saturated heterocycles. The summed E-state index contributed by atoms with van der Waals surface area (Å²) in [5.41, 5.74) is 1.49. The van der Waals surface area contributed by atoms with E-state index >= 15 is 0 Å². The van der Waals surface area contributed by atoms with Crippen LogP contribution in [-0.2, 0) is 7.05 Å². The summed E-state index contributed by atoms with van der Waals surface area (Å²) in [5, 5.41) is 6.62. The molecule has 3 aromatic heterocycles. The van der Waals surface area contributed by atoms with Crippen LogP contribution in [-0.4, -0.2) is 25.4 Å². The zero-order chi connectivity index (χ0) is 17.8. The summed E-state index contributed by atoms with van der Waals surface area (Å²) >= 11 is 6.24. The molecule has 5 rings (SSSR count). The Labute approximate surface area is 153 Å². The number of aromatic nitrogens is 4. The number of pyridine rings is 2. The molecule has 0 atom stereocenters. The number of hydrogen-bond donors (Lipinski definition) is 0. The fourth-order valence-corrected chi connectivity index (χ4v) is 3.37. The van der Waals surface area contributed by atoms with Crippen LogP contribution in [0.2, 0.25) is 5.02 Å². The molecule has 6 nitrogen and oxygen atoms in total. The molecule has 0 spiro atoms. The maximum Gasteiger partial charge on any atom is 0.284 e. The molecule has 3 heterocycles. The topological polar surface area (TPSA) is 61.9 Å². The Hall–Kier alpha value is -2.86. The number of rotatable bonds is 3. The molecule has 26 heavy (non-hydrogen) atoms. The molecule has 1 aliphatic rings. The highest BCUT2D eigenvalue weighted by Crippen LogP contribution is 2.32. The third-order valence-corrected chi connectivity index (χ3v) is 4.76. The molecule has 0 unspecified atom stereocenters. The van der Waals surface area contributed by atoms with Gasteiger partial charge in [0, 0.05) is 35.2 Å². The van der Waals surface area contributed by atoms with Crippen LogP contribution in [0.1, 0.15) is 12.8 Å². The van der Waals surface area contributed by atoms with Gasteiger partial charge in [-0.05, 0) is 37.1 Å². The van der Waals surface area contributed by atoms with Crippen LogP contribution in [0.5, 0.6) is 5.88 Å². The summed E-state index contributed by atoms with van der Waals surface area (Å²) in [6.45, 7) is 0. The van der Waals surface area contributed by atoms with Gasteiger partial charge in [-0.2, -0.15) is 5.10 Å². The standard InChI is InChI=1S/C19H15ClN4O2/c1-23-10-14-13-7-4-11(20)9-16(13)24(19(25)17(14)22-23)15-3-2-8-21-18(15)26-12-5-6-12/h2-4,7-10,12H,5-6H2,1H3. The van der Waals surface area contributed by atoms with Gasteiger partial charge in [0.1, 0.15) is 11.8 Å². The number of benzene rings is 1. The summed E-state index contributed by atoms with van der Waals surface area (Å²) in [7, 11) is 1.80. The summed E-state index contributed by atoms with van der Waals surface area (Å²) in [6.07, 6.45) is 5.71. The largest absolute Gasteiger partial charge is 0.473 e. The van der Waals surface area contributed by atoms with E-state index < -0.39 is 0 Å². The van der Waals surface area contributed by atoms with Crippen LogP contribution in [0.3, 0.4) is 0 Å². The first kappa shape index (κ1) is 15.4. The first-order valence-corrected chi connectivity index (χ1v) is 8.79. The van der Waals surface area contributed by atoms with Crippen LogP contribution in [0, 0.1) is 0 Å². The molecule has 1 saturated carbocycles. The molecule has 1 fully saturated rings. The van der Waals surface area contributed by atoms with E-state index in [1.807, 2.05) is 24.4 Å². The van der Waals surface area contributed by atoms with Crippen molar-refractivity contribution in [1.82, 2.24) is 19.3 Å². The van der Waals surface area contributed by atoms with Crippen LogP contribution in [0.4, 0.5) is 0 Å². The highest BCUT2D eigenvalue weighted by molar-refractivity contribution is 6.31. The van der Waals surface area contributed by atoms with Crippen molar-refractivity contribution < 1.29 is 4.74 Å². The van der Waals surface area contributed by atoms with Gasteiger partial charge in [-0.15, -0.1) is 0 Å². The first-order valence-electron chi connectivity index (χ1n) is 8.41. The average molecular weight is 367 g/mol. The lowest BCUT2D eigenvalue weighted by atomic mass is 10.1. The van der Waals surface area contributed by atoms with E-state index in [1.165, 1.54) is 0 Å². The average Bonchev–Trinajstić information content (AvgIpc) is 3.35. The van der Waals surface area contributed by atoms with E-state index in [0.717, 1.165) is 23.6 Å². The second-order valence-electron chi connectivity index (χ2n) is 6.51. The lowest BCUT2D eigenvalue weighted by Crippen LogP contribution is -2.20. The monoisotopic (exact) mass is 366 g/mol. The lowest BCUT2D eigenvalue weighted by Gasteiger charge is -2.14. The quantitative estimate of drug-likeness (QED) is 0.557. The molecular weight excluding hydrogens is 352 g/mol. The minimum atomic E-state index is -0.219. The lowest BCUT2D eigenvalue weighted by molar-refractivity contribution is 0.290. The number of ether oxygens (including phenoxy) is 1. The molecule has 0 N–H and O–H groups in total. The van der Waals surface area contributed by atoms with Crippen LogP contribution >= 0.6 is 11.6 Å². The van der Waals surface area contributed by atoms with Crippen molar-refractivity contribution in [3.63, 3.8) is 0 Å². The zero-order valence-corrected chi connectivity index (χ0v) is 14.8. The molecule has 4 aromatic rings. The van der Waals surface area contributed by atoms with Gasteiger partial charge in [0.05, 0.1) is 5.52 Å². The van der Waals surface area contributed by atoms with E-state index in [4.69, 9.17) is 16.3 Å². The highest BCUT2D eigenvalue weighted by Gasteiger charge is 2.26. The van der Waals surface area contributed by atoms with E-state index in [2.05, 4.69) is 10.1 Å². The Morgan fingerprint density at radius 3 is 2.88 bits per heavy atom. The van der Waals surface area contributed by atoms with Crippen molar-refractivity contribution in [3.8, 4) is 11.6 Å². The maximum absolute atomic E-state index is 13.3. The number of nitrogens with zero attached hydrogens (tertiary/aromatic N) is 4. The van der Waals surface area contributed by atoms with E-state index in [1.54, 1.807) is 34.6 Å². The molecule has 0 radical (unpaired) electrons. The Morgan fingerprint density at radius 2 is 2.08 bits per heavy atom. The molecule has 7 heteroatoms. The van der Waals surface area contributed by atoms with Gasteiger partial charge in [0.2, 0.25) is 5.88 Å². The van der Waals surface area contributed by atoms with Crippen molar-refractivity contribution in [2.24, 2.45) is 7.05 Å². The molecule has 130 valence electrons. The third kappa shape index (κ3) is 2.37. The van der Waals surface area contributed by atoms with Crippen molar-refractivity contribution in [1.29, 1.82) is 0 Å². The van der Waals surface area contributed by atoms with Gasteiger partial charge in [-0.3, -0.25) is 14.0 Å². The molecule has 1 aliphatic carbocycles. The van der Waals surface area contributed by atoms with Gasteiger partial charge in [-0.1, -0.05) is 17.7 Å². The second-order valence-corrected chi connectivity index (χ2v) is 6.95. The Morgan fingerprint density at radius 1 is 1.23 bits per heavy atom. The molecular formula is C19H15ClN4O2. The Kier molecular flexibility index (Phi) is 3.30. The Balaban J connectivity index is 1.91. The molecule has 0 aliphatic heterocycles. The molecule has 0 bridgehead atoms. The summed E-state index contributed by atoms with van der Waals surface area (Å²) in [6, 6.07) is 9.14. The zero-order valence-electron chi connectivity index (χ0n) is 14.0. The number of halogens is 1. The summed E-state index contributed by atoms with van der Waals surface area (Å²) in [4.78, 5) is 17.6. The summed E-state index contributed by atoms with van der Waals surface area (Å²) in [5.74, 6) is 0.452. The first-order chi connectivity index (χ1) is 12.6. The number of hydrogen-bond acceptors (Lipinski definition) is 4. The third-order valence-electron chi connectivity index (χ3n) is 4.52. The van der Waals surface area contributed by atoms with Crippen LogP contribution < -0.4 is 10.3 Å². The predicted octanol–water partition coefficient (Wildman–Crippen LogP) is 3.47. The molecule has 1 aromatic carbocycles. The second kappa shape index (κ2) is 5.57. The van der Waals surface area contributed by atoms with Crippen LogP contribution in [0.15, 0.2) is 47.5 Å². The van der Waals surface area contributed by atoms with Crippen molar-refractivity contribution in [3.05, 3.63) is 58.1 Å². The fraction of sp³-hybridized carbons (Fsp3) is 0.211. The van der Waals surface area contributed by atoms with Gasteiger partial charge >= 0.3 is 0 Å². The van der Waals surface area contributed by atoms with Gasteiger partial charge in [0.15, 0.2) is 5.52 Å². The van der Waals surface area contributed by atoms with E-state index in [9.17, 15) is 4.79 Å². The predicted molar refractivity (Wildman–Crippen MR) is 100 cm³/mol. The van der Waals surface area contributed by atoms with Crippen LogP contribution in [0.25, 0.3) is 27.5 Å². The number of aryl methyl sites for hydroxylation is 1. The minimum absolute atomic E-state index is 0.174. The van der Waals surface area contributed by atoms with Gasteiger partial charge < -0.3 is 4.74 Å². The minimum Gasteiger partial charge on any atom is -0.473 e. The van der Waals surface area contributed by atoms with Crippen molar-refractivity contribution in [2.75, 3.05) is 0 Å². The fourth-order valence-electron chi connectivity index (χ4n) is 3.20. The molecule has 0 amide bonds. The van der Waals surface area contributed by atoms with Gasteiger partial charge in [0.25, 0.3) is 5.56 Å².